The van der Waals surface area contributed by atoms with E-state index in [0.717, 1.165) is 33.2 Å². The lowest BCUT2D eigenvalue weighted by atomic mass is 9.81. The lowest BCUT2D eigenvalue weighted by Crippen LogP contribution is -1.95. The molecular weight excluding hydrogens is 775 g/mol. The van der Waals surface area contributed by atoms with Crippen LogP contribution in [0.2, 0.25) is 0 Å². The summed E-state index contributed by atoms with van der Waals surface area (Å²) in [4.78, 5) is 0. The minimum atomic E-state index is 0.908. The molecule has 0 spiro atoms. The maximum absolute atomic E-state index is 6.90. The molecule has 0 N–H and O–H groups in total. The largest absolute Gasteiger partial charge is 0.455 e. The molecule has 0 saturated heterocycles. The maximum atomic E-state index is 6.90. The number of hydrogen-bond donors (Lipinski definition) is 0. The third-order valence-corrected chi connectivity index (χ3v) is 13.7. The van der Waals surface area contributed by atoms with E-state index in [0.29, 0.717) is 0 Å². The Hall–Kier alpha value is -8.46. The molecule has 296 valence electrons. The first kappa shape index (κ1) is 35.2. The van der Waals surface area contributed by atoms with Crippen molar-refractivity contribution in [2.24, 2.45) is 0 Å². The van der Waals surface area contributed by atoms with Crippen molar-refractivity contribution in [1.29, 1.82) is 0 Å². The van der Waals surface area contributed by atoms with Crippen LogP contribution in [-0.2, 0) is 0 Å². The Bertz CT molecular complexity index is 4130. The number of aromatic nitrogens is 1. The standard InChI is InChI=1S/C62H37NO/c1-2-19-41(20-3-1)63-55-32-15-14-21-42(55)53-36-40(33-34-56(53)63)58-43-22-6-10-26-47(43)60(48-27-11-7-23-44(48)58)61-49-28-12-8-24-45(49)59(46-25-9-13-29-50(46)61)52-31-16-30-51-54-35-38-17-4-5-18-39(38)37-57(54)64-62(51)52/h1-37H. The fourth-order valence-corrected chi connectivity index (χ4v) is 11.1. The van der Waals surface area contributed by atoms with Gasteiger partial charge in [0.2, 0.25) is 0 Å². The average Bonchev–Trinajstić information content (AvgIpc) is 3.89. The molecule has 0 radical (unpaired) electrons. The highest BCUT2D eigenvalue weighted by Crippen LogP contribution is 2.51. The summed E-state index contributed by atoms with van der Waals surface area (Å²) < 4.78 is 9.30. The van der Waals surface area contributed by atoms with Crippen molar-refractivity contribution in [2.75, 3.05) is 0 Å². The van der Waals surface area contributed by atoms with Gasteiger partial charge in [0.05, 0.1) is 11.0 Å². The first-order valence-electron chi connectivity index (χ1n) is 22.1. The number of fused-ring (bicyclic) bond motifs is 11. The van der Waals surface area contributed by atoms with E-state index in [1.807, 2.05) is 0 Å². The number of benzene rings is 12. The highest BCUT2D eigenvalue weighted by molar-refractivity contribution is 6.31. The molecule has 2 aromatic heterocycles. The number of furan rings is 1. The first-order chi connectivity index (χ1) is 31.8. The van der Waals surface area contributed by atoms with E-state index in [2.05, 4.69) is 229 Å². The van der Waals surface area contributed by atoms with Crippen molar-refractivity contribution in [3.63, 3.8) is 0 Å². The Balaban J connectivity index is 1.06. The fraction of sp³-hybridized carbons (Fsp3) is 0. The Labute approximate surface area is 368 Å². The topological polar surface area (TPSA) is 18.1 Å². The van der Waals surface area contributed by atoms with E-state index >= 15 is 0 Å². The van der Waals surface area contributed by atoms with Gasteiger partial charge in [-0.2, -0.15) is 0 Å². The monoisotopic (exact) mass is 811 g/mol. The summed E-state index contributed by atoms with van der Waals surface area (Å²) >= 11 is 0. The third-order valence-electron chi connectivity index (χ3n) is 13.7. The van der Waals surface area contributed by atoms with E-state index in [-0.39, 0.29) is 0 Å². The van der Waals surface area contributed by atoms with Crippen LogP contribution in [0.25, 0.3) is 137 Å². The molecule has 0 aliphatic carbocycles. The van der Waals surface area contributed by atoms with E-state index < -0.39 is 0 Å². The summed E-state index contributed by atoms with van der Waals surface area (Å²) in [6, 6.07) is 82.3. The van der Waals surface area contributed by atoms with Gasteiger partial charge in [-0.3, -0.25) is 0 Å². The highest BCUT2D eigenvalue weighted by atomic mass is 16.3. The summed E-state index contributed by atoms with van der Waals surface area (Å²) in [5.74, 6) is 0. The predicted octanol–water partition coefficient (Wildman–Crippen LogP) is 17.5. The molecule has 0 bridgehead atoms. The third kappa shape index (κ3) is 4.96. The first-order valence-corrected chi connectivity index (χ1v) is 22.1. The maximum Gasteiger partial charge on any atom is 0.143 e. The van der Waals surface area contributed by atoms with Gasteiger partial charge in [-0.1, -0.05) is 182 Å². The molecule has 0 aliphatic heterocycles. The normalized spacial score (nSPS) is 12.1. The summed E-state index contributed by atoms with van der Waals surface area (Å²) in [5.41, 5.74) is 12.7. The van der Waals surface area contributed by atoms with E-state index in [1.54, 1.807) is 0 Å². The molecule has 0 aliphatic rings. The number of hydrogen-bond acceptors (Lipinski definition) is 1. The quantitative estimate of drug-likeness (QED) is 0.162. The SMILES string of the molecule is c1ccc(-n2c3ccccc3c3cc(-c4c5ccccc5c(-c5c6ccccc6c(-c6cccc7c6oc6cc8ccccc8cc67)c6ccccc56)c5ccccc45)ccc32)cc1. The molecule has 0 fully saturated rings. The van der Waals surface area contributed by atoms with Crippen molar-refractivity contribution in [3.05, 3.63) is 224 Å². The van der Waals surface area contributed by atoms with Gasteiger partial charge in [-0.25, -0.2) is 0 Å². The predicted molar refractivity (Wildman–Crippen MR) is 272 cm³/mol. The molecule has 14 rings (SSSR count). The number of rotatable bonds is 4. The van der Waals surface area contributed by atoms with Crippen LogP contribution in [0.5, 0.6) is 0 Å². The van der Waals surface area contributed by atoms with Gasteiger partial charge >= 0.3 is 0 Å². The van der Waals surface area contributed by atoms with Crippen molar-refractivity contribution in [2.45, 2.75) is 0 Å². The second-order valence-electron chi connectivity index (χ2n) is 17.1. The van der Waals surface area contributed by atoms with E-state index in [1.165, 1.54) is 103 Å². The summed E-state index contributed by atoms with van der Waals surface area (Å²) in [6.07, 6.45) is 0. The zero-order chi connectivity index (χ0) is 41.9. The van der Waals surface area contributed by atoms with Gasteiger partial charge in [0, 0.05) is 38.4 Å². The number of para-hydroxylation sites is 3. The van der Waals surface area contributed by atoms with Crippen LogP contribution in [-0.4, -0.2) is 4.57 Å². The van der Waals surface area contributed by atoms with Crippen LogP contribution >= 0.6 is 0 Å². The van der Waals surface area contributed by atoms with Crippen molar-refractivity contribution in [3.8, 4) is 39.1 Å². The van der Waals surface area contributed by atoms with Gasteiger partial charge in [0.25, 0.3) is 0 Å². The van der Waals surface area contributed by atoms with Gasteiger partial charge < -0.3 is 8.98 Å². The molecule has 2 heterocycles. The smallest absolute Gasteiger partial charge is 0.143 e. The minimum Gasteiger partial charge on any atom is -0.455 e. The molecular formula is C62H37NO. The zero-order valence-corrected chi connectivity index (χ0v) is 34.7. The van der Waals surface area contributed by atoms with Crippen molar-refractivity contribution >= 4 is 97.6 Å². The van der Waals surface area contributed by atoms with Gasteiger partial charge in [-0.05, 0) is 119 Å². The molecule has 0 amide bonds. The zero-order valence-electron chi connectivity index (χ0n) is 34.7. The van der Waals surface area contributed by atoms with Crippen LogP contribution in [0.3, 0.4) is 0 Å². The van der Waals surface area contributed by atoms with Crippen LogP contribution in [0.15, 0.2) is 229 Å². The second kappa shape index (κ2) is 13.5. The summed E-state index contributed by atoms with van der Waals surface area (Å²) in [5, 5.41) is 16.9. The van der Waals surface area contributed by atoms with Crippen molar-refractivity contribution in [1.82, 2.24) is 4.57 Å². The second-order valence-corrected chi connectivity index (χ2v) is 17.1. The Kier molecular flexibility index (Phi) is 7.43. The molecule has 2 nitrogen and oxygen atoms in total. The van der Waals surface area contributed by atoms with Crippen LogP contribution in [0, 0.1) is 0 Å². The highest BCUT2D eigenvalue weighted by Gasteiger charge is 2.24. The fourth-order valence-electron chi connectivity index (χ4n) is 11.1. The van der Waals surface area contributed by atoms with Crippen LogP contribution in [0.4, 0.5) is 0 Å². The summed E-state index contributed by atoms with van der Waals surface area (Å²) in [6.45, 7) is 0. The Morgan fingerprint density at radius 1 is 0.281 bits per heavy atom. The number of nitrogens with zero attached hydrogens (tertiary/aromatic N) is 1. The van der Waals surface area contributed by atoms with Gasteiger partial charge in [0.1, 0.15) is 11.2 Å². The average molecular weight is 812 g/mol. The summed E-state index contributed by atoms with van der Waals surface area (Å²) in [7, 11) is 0. The Morgan fingerprint density at radius 3 is 1.36 bits per heavy atom. The van der Waals surface area contributed by atoms with Gasteiger partial charge in [0.15, 0.2) is 0 Å². The minimum absolute atomic E-state index is 0.908. The van der Waals surface area contributed by atoms with Crippen LogP contribution in [0.1, 0.15) is 0 Å². The van der Waals surface area contributed by atoms with E-state index in [4.69, 9.17) is 4.42 Å². The molecule has 12 aromatic carbocycles. The molecule has 0 unspecified atom stereocenters. The molecule has 14 aromatic rings. The van der Waals surface area contributed by atoms with Crippen LogP contribution < -0.4 is 0 Å². The Morgan fingerprint density at radius 2 is 0.750 bits per heavy atom. The lowest BCUT2D eigenvalue weighted by Gasteiger charge is -2.22. The molecule has 0 saturated carbocycles. The molecule has 64 heavy (non-hydrogen) atoms. The molecule has 0 atom stereocenters. The lowest BCUT2D eigenvalue weighted by molar-refractivity contribution is 0.670. The van der Waals surface area contributed by atoms with E-state index in [9.17, 15) is 0 Å². The van der Waals surface area contributed by atoms with Crippen molar-refractivity contribution < 1.29 is 4.42 Å². The molecule has 2 heteroatoms. The van der Waals surface area contributed by atoms with Gasteiger partial charge in [-0.15, -0.1) is 0 Å².